The second-order valence-corrected chi connectivity index (χ2v) is 4.02. The van der Waals surface area contributed by atoms with Gasteiger partial charge in [-0.1, -0.05) is 28.8 Å². The summed E-state index contributed by atoms with van der Waals surface area (Å²) in [6.07, 6.45) is -8.46. The first-order chi connectivity index (χ1) is 7.29. The standard InChI is InChI=1S/C8H11BrF6O/c9-5-3-1-2-4-6(10)7(11,16-15)8(12,13)14/h6H,1-5H2. The van der Waals surface area contributed by atoms with E-state index in [4.69, 9.17) is 0 Å². The number of hydrogen-bond donors (Lipinski definition) is 0. The third-order valence-corrected chi connectivity index (χ3v) is 2.55. The Morgan fingerprint density at radius 2 is 1.62 bits per heavy atom. The van der Waals surface area contributed by atoms with Crippen molar-refractivity contribution in [1.82, 2.24) is 0 Å². The number of unbranched alkanes of at least 4 members (excludes halogenated alkanes) is 2. The number of alkyl halides is 6. The fraction of sp³-hybridized carbons (Fsp3) is 1.00. The third kappa shape index (κ3) is 4.12. The van der Waals surface area contributed by atoms with Crippen LogP contribution >= 0.6 is 15.9 Å². The quantitative estimate of drug-likeness (QED) is 0.384. The molecule has 16 heavy (non-hydrogen) atoms. The lowest BCUT2D eigenvalue weighted by Gasteiger charge is -2.26. The van der Waals surface area contributed by atoms with Gasteiger partial charge in [0.05, 0.1) is 0 Å². The van der Waals surface area contributed by atoms with Crippen LogP contribution in [0.3, 0.4) is 0 Å². The van der Waals surface area contributed by atoms with Crippen LogP contribution in [-0.4, -0.2) is 23.5 Å². The predicted molar refractivity (Wildman–Crippen MR) is 49.2 cm³/mol. The van der Waals surface area contributed by atoms with Crippen LogP contribution < -0.4 is 0 Å². The fourth-order valence-corrected chi connectivity index (χ4v) is 1.45. The van der Waals surface area contributed by atoms with E-state index in [0.29, 0.717) is 18.2 Å². The van der Waals surface area contributed by atoms with Gasteiger partial charge in [-0.05, 0) is 17.4 Å². The van der Waals surface area contributed by atoms with E-state index in [9.17, 15) is 26.5 Å². The molecule has 1 nitrogen and oxygen atoms in total. The van der Waals surface area contributed by atoms with Gasteiger partial charge in [0.1, 0.15) is 0 Å². The Morgan fingerprint density at radius 1 is 1.06 bits per heavy atom. The van der Waals surface area contributed by atoms with Crippen LogP contribution in [0.25, 0.3) is 0 Å². The van der Waals surface area contributed by atoms with Gasteiger partial charge in [0.25, 0.3) is 0 Å². The summed E-state index contributed by atoms with van der Waals surface area (Å²) in [5.74, 6) is -4.86. The van der Waals surface area contributed by atoms with E-state index in [1.54, 1.807) is 0 Å². The van der Waals surface area contributed by atoms with E-state index in [0.717, 1.165) is 0 Å². The zero-order chi connectivity index (χ0) is 12.8. The summed E-state index contributed by atoms with van der Waals surface area (Å²) in [6.45, 7) is 0. The summed E-state index contributed by atoms with van der Waals surface area (Å²) < 4.78 is 73.1. The van der Waals surface area contributed by atoms with Crippen molar-refractivity contribution in [1.29, 1.82) is 0 Å². The van der Waals surface area contributed by atoms with Gasteiger partial charge in [-0.25, -0.2) is 4.39 Å². The minimum atomic E-state index is -5.73. The molecule has 0 saturated heterocycles. The second-order valence-electron chi connectivity index (χ2n) is 3.23. The van der Waals surface area contributed by atoms with E-state index in [2.05, 4.69) is 20.9 Å². The van der Waals surface area contributed by atoms with Gasteiger partial charge in [-0.15, -0.1) is 4.94 Å². The van der Waals surface area contributed by atoms with Crippen molar-refractivity contribution in [2.75, 3.05) is 5.33 Å². The lowest BCUT2D eigenvalue weighted by molar-refractivity contribution is -0.418. The van der Waals surface area contributed by atoms with Crippen molar-refractivity contribution in [3.05, 3.63) is 0 Å². The van der Waals surface area contributed by atoms with E-state index in [1.165, 1.54) is 0 Å². The van der Waals surface area contributed by atoms with Crippen LogP contribution in [0, 0.1) is 0 Å². The lowest BCUT2D eigenvalue weighted by atomic mass is 10.1. The van der Waals surface area contributed by atoms with Crippen molar-refractivity contribution < 1.29 is 31.4 Å². The third-order valence-electron chi connectivity index (χ3n) is 1.99. The van der Waals surface area contributed by atoms with Crippen LogP contribution in [-0.2, 0) is 4.94 Å². The summed E-state index contributed by atoms with van der Waals surface area (Å²) in [5, 5.41) is 0.615. The van der Waals surface area contributed by atoms with Crippen LogP contribution in [0.1, 0.15) is 25.7 Å². The molecule has 0 aromatic carbocycles. The minimum Gasteiger partial charge on any atom is -0.241 e. The average molecular weight is 317 g/mol. The Kier molecular flexibility index (Phi) is 6.69. The van der Waals surface area contributed by atoms with Gasteiger partial charge in [0.2, 0.25) is 0 Å². The monoisotopic (exact) mass is 316 g/mol. The first kappa shape index (κ1) is 16.0. The molecule has 0 aliphatic heterocycles. The molecule has 0 rings (SSSR count). The smallest absolute Gasteiger partial charge is 0.241 e. The largest absolute Gasteiger partial charge is 0.454 e. The molecule has 0 N–H and O–H groups in total. The SMILES string of the molecule is FOC(F)(C(F)CCCCCBr)C(F)(F)F. The topological polar surface area (TPSA) is 9.23 Å². The number of halogens is 7. The minimum absolute atomic E-state index is 0.0257. The summed E-state index contributed by atoms with van der Waals surface area (Å²) in [4.78, 5) is 2.15. The molecule has 8 heteroatoms. The molecule has 0 heterocycles. The summed E-state index contributed by atoms with van der Waals surface area (Å²) in [6, 6.07) is 0. The first-order valence-electron chi connectivity index (χ1n) is 4.55. The molecule has 0 saturated carbocycles. The maximum Gasteiger partial charge on any atom is 0.454 e. The van der Waals surface area contributed by atoms with Crippen molar-refractivity contribution in [3.63, 3.8) is 0 Å². The average Bonchev–Trinajstić information content (AvgIpc) is 2.21. The summed E-state index contributed by atoms with van der Waals surface area (Å²) in [5.41, 5.74) is 0. The summed E-state index contributed by atoms with van der Waals surface area (Å²) in [7, 11) is 0. The Bertz CT molecular complexity index is 199. The normalized spacial score (nSPS) is 18.2. The molecule has 0 aliphatic carbocycles. The highest BCUT2D eigenvalue weighted by atomic mass is 79.9. The zero-order valence-electron chi connectivity index (χ0n) is 8.17. The molecule has 0 aromatic heterocycles. The molecule has 0 amide bonds. The predicted octanol–water partition coefficient (Wildman–Crippen LogP) is 4.41. The lowest BCUT2D eigenvalue weighted by Crippen LogP contribution is -2.49. The van der Waals surface area contributed by atoms with Crippen LogP contribution in [0.15, 0.2) is 0 Å². The van der Waals surface area contributed by atoms with Gasteiger partial charge in [0, 0.05) is 5.33 Å². The molecule has 0 aliphatic rings. The highest BCUT2D eigenvalue weighted by Crippen LogP contribution is 2.41. The van der Waals surface area contributed by atoms with Crippen molar-refractivity contribution in [3.8, 4) is 0 Å². The van der Waals surface area contributed by atoms with Gasteiger partial charge >= 0.3 is 12.0 Å². The van der Waals surface area contributed by atoms with E-state index in [-0.39, 0.29) is 6.42 Å². The Hall–Kier alpha value is 0.0200. The zero-order valence-corrected chi connectivity index (χ0v) is 9.75. The van der Waals surface area contributed by atoms with Gasteiger partial charge in [-0.3, -0.25) is 0 Å². The van der Waals surface area contributed by atoms with Crippen LogP contribution in [0.2, 0.25) is 0 Å². The highest BCUT2D eigenvalue weighted by molar-refractivity contribution is 9.09. The fourth-order valence-electron chi connectivity index (χ4n) is 1.05. The molecule has 2 unspecified atom stereocenters. The molecule has 98 valence electrons. The van der Waals surface area contributed by atoms with E-state index in [1.807, 2.05) is 0 Å². The molecule has 0 aromatic rings. The molecule has 0 fully saturated rings. The molecule has 2 atom stereocenters. The Morgan fingerprint density at radius 3 is 2.00 bits per heavy atom. The van der Waals surface area contributed by atoms with E-state index < -0.39 is 24.6 Å². The van der Waals surface area contributed by atoms with Crippen molar-refractivity contribution in [2.45, 2.75) is 43.9 Å². The van der Waals surface area contributed by atoms with Crippen molar-refractivity contribution in [2.24, 2.45) is 0 Å². The van der Waals surface area contributed by atoms with Gasteiger partial charge in [-0.2, -0.15) is 17.6 Å². The highest BCUT2D eigenvalue weighted by Gasteiger charge is 2.64. The maximum atomic E-state index is 12.9. The van der Waals surface area contributed by atoms with Crippen LogP contribution in [0.4, 0.5) is 26.5 Å². The molecular formula is C8H11BrF6O. The van der Waals surface area contributed by atoms with Gasteiger partial charge in [0.15, 0.2) is 6.17 Å². The van der Waals surface area contributed by atoms with E-state index >= 15 is 0 Å². The molecule has 0 radical (unpaired) electrons. The molecule has 0 bridgehead atoms. The molecular weight excluding hydrogens is 306 g/mol. The van der Waals surface area contributed by atoms with Crippen molar-refractivity contribution >= 4 is 15.9 Å². The Labute approximate surface area is 97.2 Å². The van der Waals surface area contributed by atoms with Crippen LogP contribution in [0.5, 0.6) is 0 Å². The van der Waals surface area contributed by atoms with Gasteiger partial charge < -0.3 is 0 Å². The summed E-state index contributed by atoms with van der Waals surface area (Å²) >= 11 is 3.07. The number of hydrogen-bond acceptors (Lipinski definition) is 1. The first-order valence-corrected chi connectivity index (χ1v) is 5.67. The second kappa shape index (κ2) is 6.68. The molecule has 0 spiro atoms. The maximum absolute atomic E-state index is 12.9. The Balaban J connectivity index is 4.26. The number of rotatable bonds is 7.